The Kier molecular flexibility index (Phi) is 36.2. The average Bonchev–Trinajstić information content (AvgIpc) is 3.19. The maximum Gasteiger partial charge on any atom is 0.808 e. The molecule has 0 heterocycles. The van der Waals surface area contributed by atoms with Gasteiger partial charge in [0.05, 0.1) is 30.9 Å². The Bertz CT molecular complexity index is 935. The molecule has 9 nitrogen and oxygen atoms in total. The summed E-state index contributed by atoms with van der Waals surface area (Å²) in [5, 5.41) is 0. The summed E-state index contributed by atoms with van der Waals surface area (Å²) in [6.45, 7) is 33.2. The third kappa shape index (κ3) is 19.6. The van der Waals surface area contributed by atoms with E-state index in [2.05, 4.69) is 80.0 Å². The van der Waals surface area contributed by atoms with Crippen LogP contribution in [0.4, 0.5) is 0 Å². The van der Waals surface area contributed by atoms with E-state index in [0.29, 0.717) is 59.5 Å². The van der Waals surface area contributed by atoms with Crippen LogP contribution in [0.25, 0.3) is 0 Å². The standard InChI is InChI=1S/C34H76O9S12Si3/c1-14-35-56(36-15-2,37-16-3)31-30-44-50-51-49-34(13,33(12)28-26-25-27-29-33)32(47-52-54(45-23-10)57(38-17-4,39-18-5)40-19-6)48-53-55(46-24-11)58(41-20-7,42-21-8)43-22-9/h32H,14-31H2,1-13H3/q+2. The SMILES string of the molecule is CCO[Si](CCSSSSC(C)(C(SS[S+](SCC)[Si](OCC)(OCC)OCC)SS[S+](SCC)[Si](OCC)(OCC)OCC)C1(C)CCCCC1)(OCC)OCC. The zero-order valence-electron chi connectivity index (χ0n) is 37.4. The van der Waals surface area contributed by atoms with Gasteiger partial charge in [0, 0.05) is 82.8 Å². The van der Waals surface area contributed by atoms with Gasteiger partial charge in [-0.1, -0.05) is 61.6 Å². The summed E-state index contributed by atoms with van der Waals surface area (Å²) in [5.74, 6) is 2.82. The van der Waals surface area contributed by atoms with Gasteiger partial charge in [0.15, 0.2) is 36.5 Å². The van der Waals surface area contributed by atoms with E-state index >= 15 is 0 Å². The van der Waals surface area contributed by atoms with Crippen molar-refractivity contribution in [3.63, 3.8) is 0 Å². The van der Waals surface area contributed by atoms with Crippen LogP contribution in [0.5, 0.6) is 0 Å². The highest BCUT2D eigenvalue weighted by Crippen LogP contribution is 2.67. The van der Waals surface area contributed by atoms with E-state index in [0.717, 1.165) is 23.3 Å². The van der Waals surface area contributed by atoms with Crippen molar-refractivity contribution in [3.8, 4) is 0 Å². The average molecular weight is 1100 g/mol. The van der Waals surface area contributed by atoms with Crippen LogP contribution in [-0.4, -0.2) is 111 Å². The molecule has 0 saturated heterocycles. The van der Waals surface area contributed by atoms with Gasteiger partial charge in [0.1, 0.15) is 0 Å². The lowest BCUT2D eigenvalue weighted by Crippen LogP contribution is -2.52. The molecule has 3 atom stereocenters. The van der Waals surface area contributed by atoms with Crippen molar-refractivity contribution in [2.75, 3.05) is 76.7 Å². The van der Waals surface area contributed by atoms with Crippen molar-refractivity contribution in [2.24, 2.45) is 5.41 Å². The monoisotopic (exact) mass is 1100 g/mol. The maximum absolute atomic E-state index is 6.56. The third-order valence-electron chi connectivity index (χ3n) is 8.63. The zero-order valence-corrected chi connectivity index (χ0v) is 50.2. The molecule has 1 aliphatic rings. The molecule has 0 aromatic heterocycles. The molecule has 348 valence electrons. The van der Waals surface area contributed by atoms with Crippen LogP contribution in [0.3, 0.4) is 0 Å². The van der Waals surface area contributed by atoms with Crippen LogP contribution in [0, 0.1) is 5.41 Å². The Morgan fingerprint density at radius 1 is 0.552 bits per heavy atom. The molecule has 1 aliphatic carbocycles. The lowest BCUT2D eigenvalue weighted by Gasteiger charge is -2.50. The Morgan fingerprint density at radius 3 is 1.28 bits per heavy atom. The molecular weight excluding hydrogens is 1020 g/mol. The largest absolute Gasteiger partial charge is 0.808 e. The maximum atomic E-state index is 6.56. The van der Waals surface area contributed by atoms with E-state index in [1.54, 1.807) is 0 Å². The van der Waals surface area contributed by atoms with Crippen molar-refractivity contribution in [3.05, 3.63) is 0 Å². The minimum absolute atomic E-state index is 0.112. The number of rotatable bonds is 39. The van der Waals surface area contributed by atoms with Crippen LogP contribution in [0.2, 0.25) is 6.04 Å². The van der Waals surface area contributed by atoms with Crippen molar-refractivity contribution in [1.82, 2.24) is 0 Å². The predicted octanol–water partition coefficient (Wildman–Crippen LogP) is 14.0. The van der Waals surface area contributed by atoms with E-state index in [1.807, 2.05) is 114 Å². The summed E-state index contributed by atoms with van der Waals surface area (Å²) >= 11 is 0. The van der Waals surface area contributed by atoms with Gasteiger partial charge in [-0.2, -0.15) is 0 Å². The normalized spacial score (nSPS) is 17.9. The first-order valence-corrected chi connectivity index (χ1v) is 43.5. The van der Waals surface area contributed by atoms with Crippen molar-refractivity contribution in [1.29, 1.82) is 0 Å². The Balaban J connectivity index is 3.69. The van der Waals surface area contributed by atoms with Crippen LogP contribution < -0.4 is 0 Å². The number of hydrogen-bond acceptors (Lipinski definition) is 19. The highest BCUT2D eigenvalue weighted by atomic mass is 33.8. The van der Waals surface area contributed by atoms with Gasteiger partial charge in [-0.15, -0.1) is 0 Å². The quantitative estimate of drug-likeness (QED) is 0.0192. The van der Waals surface area contributed by atoms with Gasteiger partial charge in [-0.25, -0.2) is 0 Å². The van der Waals surface area contributed by atoms with E-state index in [4.69, 9.17) is 39.8 Å². The topological polar surface area (TPSA) is 83.1 Å². The molecule has 0 bridgehead atoms. The lowest BCUT2D eigenvalue weighted by atomic mass is 9.68. The van der Waals surface area contributed by atoms with E-state index in [1.165, 1.54) is 32.1 Å². The second-order valence-electron chi connectivity index (χ2n) is 12.5. The highest BCUT2D eigenvalue weighted by molar-refractivity contribution is 9.32. The van der Waals surface area contributed by atoms with Gasteiger partial charge in [-0.3, -0.25) is 0 Å². The van der Waals surface area contributed by atoms with Crippen LogP contribution in [-0.2, 0) is 56.7 Å². The van der Waals surface area contributed by atoms with Crippen molar-refractivity contribution in [2.45, 2.75) is 137 Å². The van der Waals surface area contributed by atoms with Crippen LogP contribution in [0.15, 0.2) is 0 Å². The molecule has 24 heteroatoms. The molecule has 3 unspecified atom stereocenters. The Morgan fingerprint density at radius 2 is 0.931 bits per heavy atom. The Labute approximate surface area is 400 Å². The van der Waals surface area contributed by atoms with Crippen molar-refractivity contribution >= 4 is 146 Å². The fourth-order valence-electron chi connectivity index (χ4n) is 5.98. The molecule has 0 aliphatic heterocycles. The zero-order chi connectivity index (χ0) is 43.4. The molecule has 58 heavy (non-hydrogen) atoms. The fourth-order valence-corrected chi connectivity index (χ4v) is 62.2. The minimum Gasteiger partial charge on any atom is -0.374 e. The summed E-state index contributed by atoms with van der Waals surface area (Å²) < 4.78 is 57.9. The predicted molar refractivity (Wildman–Crippen MR) is 287 cm³/mol. The van der Waals surface area contributed by atoms with Gasteiger partial charge >= 0.3 is 24.7 Å². The molecular formula is C34H76O9S12Si3+2. The van der Waals surface area contributed by atoms with Crippen molar-refractivity contribution < 1.29 is 39.8 Å². The van der Waals surface area contributed by atoms with Crippen LogP contribution in [0.1, 0.15) is 122 Å². The smallest absolute Gasteiger partial charge is 0.374 e. The second kappa shape index (κ2) is 34.7. The molecule has 1 fully saturated rings. The molecule has 0 amide bonds. The van der Waals surface area contributed by atoms with Gasteiger partial charge < -0.3 is 39.8 Å². The summed E-state index contributed by atoms with van der Waals surface area (Å²) in [6.07, 6.45) is 6.25. The molecule has 1 saturated carbocycles. The number of hydrogen-bond donors (Lipinski definition) is 0. The van der Waals surface area contributed by atoms with E-state index < -0.39 is 24.7 Å². The van der Waals surface area contributed by atoms with E-state index in [-0.39, 0.29) is 31.6 Å². The lowest BCUT2D eigenvalue weighted by molar-refractivity contribution is 0.0728. The molecule has 0 radical (unpaired) electrons. The summed E-state index contributed by atoms with van der Waals surface area (Å²) in [6, 6.07) is 0.799. The molecule has 0 N–H and O–H groups in total. The minimum atomic E-state index is -3.01. The van der Waals surface area contributed by atoms with Gasteiger partial charge in [-0.05, 0) is 129 Å². The van der Waals surface area contributed by atoms with E-state index in [9.17, 15) is 0 Å². The molecule has 0 spiro atoms. The second-order valence-corrected chi connectivity index (χ2v) is 50.0. The summed E-state index contributed by atoms with van der Waals surface area (Å²) in [7, 11) is 10.1. The van der Waals surface area contributed by atoms with Gasteiger partial charge in [0.25, 0.3) is 0 Å². The first-order valence-electron chi connectivity index (χ1n) is 20.8. The molecule has 0 aromatic carbocycles. The summed E-state index contributed by atoms with van der Waals surface area (Å²) in [5.41, 5.74) is 0.121. The Hall–Kier alpha value is 4.49. The first-order chi connectivity index (χ1) is 27.9. The molecule has 0 aromatic rings. The fraction of sp³-hybridized carbons (Fsp3) is 1.00. The molecule has 1 rings (SSSR count). The highest BCUT2D eigenvalue weighted by Gasteiger charge is 2.68. The summed E-state index contributed by atoms with van der Waals surface area (Å²) in [4.78, 5) is 0. The third-order valence-corrected chi connectivity index (χ3v) is 59.4. The van der Waals surface area contributed by atoms with Gasteiger partial charge in [0.2, 0.25) is 0 Å². The first kappa shape index (κ1) is 60.5. The van der Waals surface area contributed by atoms with Crippen LogP contribution >= 0.6 is 104 Å².